The molecule has 0 saturated carbocycles. The highest BCUT2D eigenvalue weighted by atomic mass is 32.1. The first-order chi connectivity index (χ1) is 14.8. The molecule has 1 aromatic heterocycles. The van der Waals surface area contributed by atoms with E-state index in [4.69, 9.17) is 14.5 Å². The normalized spacial score (nSPS) is 14.9. The van der Waals surface area contributed by atoms with Crippen molar-refractivity contribution in [3.8, 4) is 33.3 Å². The SMILES string of the molecule is O=C(Nc1cccc(-c2csc(-c3ccccc3)n2)c1)C1COc2ccccc2O1. The average molecular weight is 414 g/mol. The van der Waals surface area contributed by atoms with Gasteiger partial charge in [-0.25, -0.2) is 4.98 Å². The summed E-state index contributed by atoms with van der Waals surface area (Å²) in [6, 6.07) is 25.1. The maximum absolute atomic E-state index is 12.7. The number of aromatic nitrogens is 1. The van der Waals surface area contributed by atoms with Crippen LogP contribution in [0, 0.1) is 0 Å². The number of anilines is 1. The molecule has 30 heavy (non-hydrogen) atoms. The second-order valence-electron chi connectivity index (χ2n) is 6.84. The Balaban J connectivity index is 1.31. The third-order valence-corrected chi connectivity index (χ3v) is 5.64. The molecule has 6 heteroatoms. The number of thiazole rings is 1. The van der Waals surface area contributed by atoms with Crippen LogP contribution in [-0.4, -0.2) is 23.6 Å². The summed E-state index contributed by atoms with van der Waals surface area (Å²) >= 11 is 1.60. The fourth-order valence-electron chi connectivity index (χ4n) is 3.25. The predicted molar refractivity (Wildman–Crippen MR) is 118 cm³/mol. The molecule has 1 aliphatic rings. The molecule has 1 amide bonds. The highest BCUT2D eigenvalue weighted by molar-refractivity contribution is 7.13. The largest absolute Gasteiger partial charge is 0.485 e. The van der Waals surface area contributed by atoms with Crippen LogP contribution in [0.5, 0.6) is 11.5 Å². The molecule has 5 rings (SSSR count). The Morgan fingerprint density at radius 3 is 2.57 bits per heavy atom. The second-order valence-corrected chi connectivity index (χ2v) is 7.70. The molecule has 148 valence electrons. The van der Waals surface area contributed by atoms with Gasteiger partial charge in [0.1, 0.15) is 11.6 Å². The molecule has 4 aromatic rings. The minimum absolute atomic E-state index is 0.176. The van der Waals surface area contributed by atoms with E-state index in [-0.39, 0.29) is 12.5 Å². The zero-order valence-electron chi connectivity index (χ0n) is 15.9. The van der Waals surface area contributed by atoms with Crippen molar-refractivity contribution in [1.29, 1.82) is 0 Å². The zero-order chi connectivity index (χ0) is 20.3. The summed E-state index contributed by atoms with van der Waals surface area (Å²) in [7, 11) is 0. The molecular weight excluding hydrogens is 396 g/mol. The molecule has 3 aromatic carbocycles. The van der Waals surface area contributed by atoms with Gasteiger partial charge in [0.25, 0.3) is 5.91 Å². The Labute approximate surface area is 177 Å². The van der Waals surface area contributed by atoms with E-state index in [1.165, 1.54) is 0 Å². The van der Waals surface area contributed by atoms with Crippen molar-refractivity contribution in [2.24, 2.45) is 0 Å². The van der Waals surface area contributed by atoms with E-state index in [2.05, 4.69) is 5.32 Å². The summed E-state index contributed by atoms with van der Waals surface area (Å²) in [5, 5.41) is 5.91. The van der Waals surface area contributed by atoms with E-state index in [0.717, 1.165) is 21.8 Å². The van der Waals surface area contributed by atoms with Crippen molar-refractivity contribution in [2.45, 2.75) is 6.10 Å². The first-order valence-corrected chi connectivity index (χ1v) is 10.4. The van der Waals surface area contributed by atoms with Crippen LogP contribution in [0.2, 0.25) is 0 Å². The molecule has 1 atom stereocenters. The van der Waals surface area contributed by atoms with E-state index in [1.54, 1.807) is 17.4 Å². The van der Waals surface area contributed by atoms with Crippen molar-refractivity contribution in [3.63, 3.8) is 0 Å². The Morgan fingerprint density at radius 2 is 1.70 bits per heavy atom. The number of benzene rings is 3. The number of amides is 1. The van der Waals surface area contributed by atoms with E-state index in [0.29, 0.717) is 17.2 Å². The molecule has 0 saturated heterocycles. The lowest BCUT2D eigenvalue weighted by molar-refractivity contribution is -0.125. The molecule has 1 aliphatic heterocycles. The molecule has 2 heterocycles. The number of ether oxygens (including phenoxy) is 2. The zero-order valence-corrected chi connectivity index (χ0v) is 16.8. The van der Waals surface area contributed by atoms with Crippen LogP contribution in [0.25, 0.3) is 21.8 Å². The van der Waals surface area contributed by atoms with Gasteiger partial charge in [0.05, 0.1) is 5.69 Å². The second kappa shape index (κ2) is 8.00. The number of rotatable bonds is 4. The van der Waals surface area contributed by atoms with Gasteiger partial charge >= 0.3 is 0 Å². The van der Waals surface area contributed by atoms with Gasteiger partial charge < -0.3 is 14.8 Å². The number of hydrogen-bond acceptors (Lipinski definition) is 5. The number of carbonyl (C=O) groups is 1. The number of carbonyl (C=O) groups excluding carboxylic acids is 1. The standard InChI is InChI=1S/C24H18N2O3S/c27-23(22-14-28-20-11-4-5-12-21(20)29-22)25-18-10-6-9-17(13-18)19-15-30-24(26-19)16-7-2-1-3-8-16/h1-13,15,22H,14H2,(H,25,27). The minimum atomic E-state index is -0.701. The van der Waals surface area contributed by atoms with Crippen LogP contribution < -0.4 is 14.8 Å². The Kier molecular flexibility index (Phi) is 4.91. The molecular formula is C24H18N2O3S. The fourth-order valence-corrected chi connectivity index (χ4v) is 4.08. The Morgan fingerprint density at radius 1 is 0.933 bits per heavy atom. The maximum atomic E-state index is 12.7. The van der Waals surface area contributed by atoms with Gasteiger partial charge in [-0.2, -0.15) is 0 Å². The summed E-state index contributed by atoms with van der Waals surface area (Å²) in [6.07, 6.45) is -0.701. The van der Waals surface area contributed by atoms with Gasteiger partial charge in [-0.05, 0) is 24.3 Å². The van der Waals surface area contributed by atoms with Crippen LogP contribution >= 0.6 is 11.3 Å². The summed E-state index contributed by atoms with van der Waals surface area (Å²) < 4.78 is 11.4. The van der Waals surface area contributed by atoms with Crippen molar-refractivity contribution in [3.05, 3.63) is 84.2 Å². The van der Waals surface area contributed by atoms with Crippen molar-refractivity contribution in [1.82, 2.24) is 4.98 Å². The van der Waals surface area contributed by atoms with Crippen molar-refractivity contribution >= 4 is 22.9 Å². The van der Waals surface area contributed by atoms with E-state index in [9.17, 15) is 4.79 Å². The molecule has 0 fully saturated rings. The smallest absolute Gasteiger partial charge is 0.269 e. The van der Waals surface area contributed by atoms with Crippen molar-refractivity contribution in [2.75, 3.05) is 11.9 Å². The molecule has 0 bridgehead atoms. The average Bonchev–Trinajstić information content (AvgIpc) is 3.30. The van der Waals surface area contributed by atoms with Gasteiger partial charge in [-0.15, -0.1) is 11.3 Å². The third-order valence-electron chi connectivity index (χ3n) is 4.75. The first kappa shape index (κ1) is 18.4. The fraction of sp³-hybridized carbons (Fsp3) is 0.0833. The van der Waals surface area contributed by atoms with Crippen LogP contribution in [0.4, 0.5) is 5.69 Å². The quantitative estimate of drug-likeness (QED) is 0.495. The molecule has 1 N–H and O–H groups in total. The lowest BCUT2D eigenvalue weighted by Gasteiger charge is -2.25. The summed E-state index contributed by atoms with van der Waals surface area (Å²) in [5.74, 6) is 0.986. The lowest BCUT2D eigenvalue weighted by Crippen LogP contribution is -2.40. The monoisotopic (exact) mass is 414 g/mol. The van der Waals surface area contributed by atoms with Crippen LogP contribution in [0.15, 0.2) is 84.2 Å². The number of hydrogen-bond donors (Lipinski definition) is 1. The lowest BCUT2D eigenvalue weighted by atomic mass is 10.1. The minimum Gasteiger partial charge on any atom is -0.485 e. The maximum Gasteiger partial charge on any atom is 0.269 e. The van der Waals surface area contributed by atoms with Crippen LogP contribution in [0.1, 0.15) is 0 Å². The van der Waals surface area contributed by atoms with E-state index in [1.807, 2.05) is 78.2 Å². The summed E-state index contributed by atoms with van der Waals surface area (Å²) in [5.41, 5.74) is 3.60. The van der Waals surface area contributed by atoms with Crippen molar-refractivity contribution < 1.29 is 14.3 Å². The first-order valence-electron chi connectivity index (χ1n) is 9.57. The molecule has 0 spiro atoms. The molecule has 5 nitrogen and oxygen atoms in total. The van der Waals surface area contributed by atoms with E-state index < -0.39 is 6.10 Å². The summed E-state index contributed by atoms with van der Waals surface area (Å²) in [6.45, 7) is 0.176. The van der Waals surface area contributed by atoms with Gasteiger partial charge in [0.2, 0.25) is 6.10 Å². The Hall–Kier alpha value is -3.64. The summed E-state index contributed by atoms with van der Waals surface area (Å²) in [4.78, 5) is 17.4. The number of fused-ring (bicyclic) bond motifs is 1. The Bertz CT molecular complexity index is 1190. The third kappa shape index (κ3) is 3.77. The van der Waals surface area contributed by atoms with Gasteiger partial charge in [-0.3, -0.25) is 4.79 Å². The molecule has 0 aliphatic carbocycles. The molecule has 0 radical (unpaired) electrons. The highest BCUT2D eigenvalue weighted by Crippen LogP contribution is 2.32. The van der Waals surface area contributed by atoms with Gasteiger partial charge in [0.15, 0.2) is 11.5 Å². The van der Waals surface area contributed by atoms with Gasteiger partial charge in [-0.1, -0.05) is 54.6 Å². The number of nitrogens with zero attached hydrogens (tertiary/aromatic N) is 1. The van der Waals surface area contributed by atoms with Crippen LogP contribution in [-0.2, 0) is 4.79 Å². The highest BCUT2D eigenvalue weighted by Gasteiger charge is 2.27. The van der Waals surface area contributed by atoms with Crippen LogP contribution in [0.3, 0.4) is 0 Å². The van der Waals surface area contributed by atoms with E-state index >= 15 is 0 Å². The number of nitrogens with one attached hydrogen (secondary N) is 1. The predicted octanol–water partition coefficient (Wildman–Crippen LogP) is 5.26. The number of para-hydroxylation sites is 2. The molecule has 1 unspecified atom stereocenters. The van der Waals surface area contributed by atoms with Gasteiger partial charge in [0, 0.05) is 22.2 Å². The topological polar surface area (TPSA) is 60.5 Å².